The fourth-order valence-electron chi connectivity index (χ4n) is 3.27. The minimum absolute atomic E-state index is 0.414. The Bertz CT molecular complexity index is 839. The number of anilines is 2. The van der Waals surface area contributed by atoms with Crippen LogP contribution in [0.4, 0.5) is 11.5 Å². The van der Waals surface area contributed by atoms with Crippen LogP contribution in [0.3, 0.4) is 0 Å². The van der Waals surface area contributed by atoms with Gasteiger partial charge in [-0.3, -0.25) is 0 Å². The summed E-state index contributed by atoms with van der Waals surface area (Å²) in [6.07, 6.45) is 3.80. The second-order valence-electron chi connectivity index (χ2n) is 6.25. The van der Waals surface area contributed by atoms with E-state index >= 15 is 0 Å². The van der Waals surface area contributed by atoms with Gasteiger partial charge in [-0.25, -0.2) is 4.98 Å². The molecular formula is C17H20N6O. The third kappa shape index (κ3) is 2.77. The van der Waals surface area contributed by atoms with Gasteiger partial charge in [0.2, 0.25) is 0 Å². The van der Waals surface area contributed by atoms with Gasteiger partial charge in [-0.05, 0) is 44.9 Å². The van der Waals surface area contributed by atoms with Gasteiger partial charge in [-0.15, -0.1) is 5.10 Å². The number of piperidine rings is 1. The van der Waals surface area contributed by atoms with Crippen LogP contribution in [0.5, 0.6) is 0 Å². The van der Waals surface area contributed by atoms with Crippen LogP contribution in [0.15, 0.2) is 28.9 Å². The van der Waals surface area contributed by atoms with Crippen molar-refractivity contribution < 1.29 is 4.52 Å². The molecule has 1 N–H and O–H groups in total. The zero-order valence-corrected chi connectivity index (χ0v) is 13.9. The van der Waals surface area contributed by atoms with Crippen LogP contribution in [0.25, 0.3) is 11.1 Å². The van der Waals surface area contributed by atoms with Gasteiger partial charge in [0, 0.05) is 31.0 Å². The minimum Gasteiger partial charge on any atom is -0.381 e. The summed E-state index contributed by atoms with van der Waals surface area (Å²) in [5, 5.41) is 16.8. The Kier molecular flexibility index (Phi) is 3.76. The lowest BCUT2D eigenvalue weighted by atomic mass is 10.0. The predicted molar refractivity (Wildman–Crippen MR) is 92.2 cm³/mol. The standard InChI is InChI=1S/C17H20N6O/c1-11-10-14(16-12(2)22-24-17(16)19-11)20-13-5-8-23(9-6-13)15-4-3-7-18-21-15/h3-4,7,10,13H,5-6,8-9H2,1-2H3,(H,19,20). The maximum atomic E-state index is 5.31. The first kappa shape index (κ1) is 14.9. The van der Waals surface area contributed by atoms with E-state index in [4.69, 9.17) is 4.52 Å². The van der Waals surface area contributed by atoms with E-state index in [1.54, 1.807) is 6.20 Å². The maximum Gasteiger partial charge on any atom is 0.260 e. The van der Waals surface area contributed by atoms with Crippen molar-refractivity contribution in [3.8, 4) is 0 Å². The van der Waals surface area contributed by atoms with E-state index in [2.05, 4.69) is 36.6 Å². The summed E-state index contributed by atoms with van der Waals surface area (Å²) in [5.74, 6) is 0.952. The van der Waals surface area contributed by atoms with E-state index in [9.17, 15) is 0 Å². The highest BCUT2D eigenvalue weighted by Gasteiger charge is 2.22. The lowest BCUT2D eigenvalue weighted by Crippen LogP contribution is -2.39. The molecule has 0 amide bonds. The lowest BCUT2D eigenvalue weighted by molar-refractivity contribution is 0.442. The Labute approximate surface area is 140 Å². The molecule has 1 saturated heterocycles. The van der Waals surface area contributed by atoms with Crippen molar-refractivity contribution in [2.24, 2.45) is 0 Å². The molecule has 0 spiro atoms. The number of aryl methyl sites for hydroxylation is 2. The molecule has 0 radical (unpaired) electrons. The highest BCUT2D eigenvalue weighted by molar-refractivity contribution is 5.90. The van der Waals surface area contributed by atoms with Crippen molar-refractivity contribution in [2.45, 2.75) is 32.7 Å². The quantitative estimate of drug-likeness (QED) is 0.793. The molecule has 1 aliphatic rings. The molecule has 4 rings (SSSR count). The van der Waals surface area contributed by atoms with Crippen LogP contribution >= 0.6 is 0 Å². The smallest absolute Gasteiger partial charge is 0.260 e. The van der Waals surface area contributed by atoms with Gasteiger partial charge in [0.05, 0.1) is 16.8 Å². The molecule has 0 atom stereocenters. The van der Waals surface area contributed by atoms with Crippen molar-refractivity contribution in [1.82, 2.24) is 20.3 Å². The van der Waals surface area contributed by atoms with Gasteiger partial charge in [-0.1, -0.05) is 5.16 Å². The second-order valence-corrected chi connectivity index (χ2v) is 6.25. The monoisotopic (exact) mass is 324 g/mol. The summed E-state index contributed by atoms with van der Waals surface area (Å²) in [6, 6.07) is 6.42. The van der Waals surface area contributed by atoms with Gasteiger partial charge >= 0.3 is 0 Å². The first-order valence-corrected chi connectivity index (χ1v) is 8.23. The third-order valence-corrected chi connectivity index (χ3v) is 4.48. The Balaban J connectivity index is 1.49. The maximum absolute atomic E-state index is 5.31. The lowest BCUT2D eigenvalue weighted by Gasteiger charge is -2.33. The summed E-state index contributed by atoms with van der Waals surface area (Å²) in [7, 11) is 0. The number of fused-ring (bicyclic) bond motifs is 1. The molecule has 1 aliphatic heterocycles. The Morgan fingerprint density at radius 1 is 1.25 bits per heavy atom. The van der Waals surface area contributed by atoms with Gasteiger partial charge in [0.1, 0.15) is 0 Å². The predicted octanol–water partition coefficient (Wildman–Crippen LogP) is 2.71. The number of rotatable bonds is 3. The highest BCUT2D eigenvalue weighted by Crippen LogP contribution is 2.28. The topological polar surface area (TPSA) is 80.0 Å². The fourth-order valence-corrected chi connectivity index (χ4v) is 3.27. The molecule has 7 nitrogen and oxygen atoms in total. The van der Waals surface area contributed by atoms with Crippen LogP contribution < -0.4 is 10.2 Å². The van der Waals surface area contributed by atoms with Crippen LogP contribution in [0.1, 0.15) is 24.2 Å². The van der Waals surface area contributed by atoms with Crippen molar-refractivity contribution in [3.63, 3.8) is 0 Å². The largest absolute Gasteiger partial charge is 0.381 e. The minimum atomic E-state index is 0.414. The van der Waals surface area contributed by atoms with Crippen molar-refractivity contribution >= 4 is 22.6 Å². The average Bonchev–Trinajstić information content (AvgIpc) is 2.97. The summed E-state index contributed by atoms with van der Waals surface area (Å²) in [5.41, 5.74) is 3.47. The molecule has 0 aromatic carbocycles. The molecule has 24 heavy (non-hydrogen) atoms. The number of hydrogen-bond donors (Lipinski definition) is 1. The summed E-state index contributed by atoms with van der Waals surface area (Å²) in [6.45, 7) is 5.85. The molecule has 1 fully saturated rings. The molecule has 0 aliphatic carbocycles. The zero-order valence-electron chi connectivity index (χ0n) is 13.9. The molecular weight excluding hydrogens is 304 g/mol. The van der Waals surface area contributed by atoms with Crippen molar-refractivity contribution in [3.05, 3.63) is 35.8 Å². The molecule has 7 heteroatoms. The van der Waals surface area contributed by atoms with Crippen LogP contribution in [0, 0.1) is 13.8 Å². The Morgan fingerprint density at radius 3 is 2.83 bits per heavy atom. The molecule has 0 saturated carbocycles. The first-order valence-electron chi connectivity index (χ1n) is 8.23. The molecule has 4 heterocycles. The third-order valence-electron chi connectivity index (χ3n) is 4.48. The second kappa shape index (κ2) is 6.07. The molecule has 124 valence electrons. The summed E-state index contributed by atoms with van der Waals surface area (Å²) >= 11 is 0. The van der Waals surface area contributed by atoms with Crippen LogP contribution in [-0.4, -0.2) is 39.5 Å². The number of aromatic nitrogens is 4. The molecule has 0 bridgehead atoms. The normalized spacial score (nSPS) is 15.8. The highest BCUT2D eigenvalue weighted by atomic mass is 16.5. The van der Waals surface area contributed by atoms with E-state index in [-0.39, 0.29) is 0 Å². The SMILES string of the molecule is Cc1cc(NC2CCN(c3cccnn3)CC2)c2c(C)noc2n1. The van der Waals surface area contributed by atoms with Gasteiger partial charge in [0.15, 0.2) is 5.82 Å². The fraction of sp³-hybridized carbons (Fsp3) is 0.412. The van der Waals surface area contributed by atoms with Gasteiger partial charge < -0.3 is 14.7 Å². The zero-order chi connectivity index (χ0) is 16.5. The Hall–Kier alpha value is -2.70. The Morgan fingerprint density at radius 2 is 2.08 bits per heavy atom. The van der Waals surface area contributed by atoms with Gasteiger partial charge in [0.25, 0.3) is 5.71 Å². The van der Waals surface area contributed by atoms with Crippen molar-refractivity contribution in [1.29, 1.82) is 0 Å². The van der Waals surface area contributed by atoms with Gasteiger partial charge in [-0.2, -0.15) is 5.10 Å². The average molecular weight is 324 g/mol. The molecule has 0 unspecified atom stereocenters. The van der Waals surface area contributed by atoms with E-state index in [0.717, 1.165) is 54.2 Å². The van der Waals surface area contributed by atoms with Crippen LogP contribution in [-0.2, 0) is 0 Å². The van der Waals surface area contributed by atoms with E-state index in [1.165, 1.54) is 0 Å². The number of nitrogens with one attached hydrogen (secondary N) is 1. The number of pyridine rings is 1. The summed E-state index contributed by atoms with van der Waals surface area (Å²) < 4.78 is 5.31. The first-order chi connectivity index (χ1) is 11.7. The summed E-state index contributed by atoms with van der Waals surface area (Å²) in [4.78, 5) is 6.69. The van der Waals surface area contributed by atoms with Crippen molar-refractivity contribution in [2.75, 3.05) is 23.3 Å². The molecule has 3 aromatic rings. The van der Waals surface area contributed by atoms with E-state index < -0.39 is 0 Å². The van der Waals surface area contributed by atoms with Crippen LogP contribution in [0.2, 0.25) is 0 Å². The number of nitrogens with zero attached hydrogens (tertiary/aromatic N) is 5. The number of hydrogen-bond acceptors (Lipinski definition) is 7. The molecule has 3 aromatic heterocycles. The van der Waals surface area contributed by atoms with E-state index in [0.29, 0.717) is 11.8 Å². The van der Waals surface area contributed by atoms with E-state index in [1.807, 2.05) is 26.0 Å².